The van der Waals surface area contributed by atoms with Gasteiger partial charge in [0.25, 0.3) is 0 Å². The molecule has 4 heterocycles. The average Bonchev–Trinajstić information content (AvgIpc) is 3.73. The Morgan fingerprint density at radius 1 is 1.18 bits per heavy atom. The van der Waals surface area contributed by atoms with E-state index in [1.54, 1.807) is 29.8 Å². The molecule has 1 aliphatic carbocycles. The van der Waals surface area contributed by atoms with E-state index in [-0.39, 0.29) is 40.2 Å². The lowest BCUT2D eigenvalue weighted by Crippen LogP contribution is -2.43. The number of carbonyl (C=O) groups excluding carboxylic acids is 1. The highest BCUT2D eigenvalue weighted by atomic mass is 19.1. The van der Waals surface area contributed by atoms with Gasteiger partial charge >= 0.3 is 0 Å². The smallest absolute Gasteiger partial charge is 0.242 e. The number of nitrogens with one attached hydrogen (secondary N) is 2. The second kappa shape index (κ2) is 9.72. The molecule has 0 atom stereocenters. The van der Waals surface area contributed by atoms with Gasteiger partial charge in [-0.1, -0.05) is 0 Å². The Labute approximate surface area is 218 Å². The van der Waals surface area contributed by atoms with E-state index in [0.717, 1.165) is 44.7 Å². The molecule has 0 radical (unpaired) electrons. The predicted octanol–water partition coefficient (Wildman–Crippen LogP) is 4.14. The first kappa shape index (κ1) is 23.8. The molecule has 1 saturated carbocycles. The summed E-state index contributed by atoms with van der Waals surface area (Å²) in [6.45, 7) is 5.44. The molecule has 38 heavy (non-hydrogen) atoms. The van der Waals surface area contributed by atoms with E-state index >= 15 is 4.39 Å². The standard InChI is InChI=1S/C27H25FN8O2/c1-16-12-19-21(36(16)27(37)17-2-3-17)5-6-22(24(19)28)38-26-20(13-29)25(32-15-33-26)34-23-7-4-18(14-31-23)35-10-8-30-9-11-35/h4-7,12,14-15,17,30H,2-3,8-11H2,1H3,(H,31,32,33,34). The van der Waals surface area contributed by atoms with Gasteiger partial charge in [0, 0.05) is 43.2 Å². The number of carbonyl (C=O) groups is 1. The van der Waals surface area contributed by atoms with Crippen molar-refractivity contribution in [3.8, 4) is 17.7 Å². The third kappa shape index (κ3) is 4.39. The van der Waals surface area contributed by atoms with E-state index in [1.165, 1.54) is 12.4 Å². The van der Waals surface area contributed by atoms with Gasteiger partial charge in [-0.3, -0.25) is 9.36 Å². The first-order valence-corrected chi connectivity index (χ1v) is 12.5. The molecular formula is C27H25FN8O2. The highest BCUT2D eigenvalue weighted by Crippen LogP contribution is 2.36. The Kier molecular flexibility index (Phi) is 6.09. The quantitative estimate of drug-likeness (QED) is 0.393. The summed E-state index contributed by atoms with van der Waals surface area (Å²) >= 11 is 0. The number of rotatable bonds is 6. The molecule has 10 nitrogen and oxygen atoms in total. The van der Waals surface area contributed by atoms with Crippen LogP contribution in [-0.4, -0.2) is 51.6 Å². The van der Waals surface area contributed by atoms with Gasteiger partial charge < -0.3 is 20.3 Å². The zero-order valence-electron chi connectivity index (χ0n) is 20.7. The lowest BCUT2D eigenvalue weighted by Gasteiger charge is -2.29. The van der Waals surface area contributed by atoms with Crippen LogP contribution in [0.2, 0.25) is 0 Å². The van der Waals surface area contributed by atoms with Gasteiger partial charge in [0.15, 0.2) is 22.9 Å². The maximum Gasteiger partial charge on any atom is 0.242 e. The molecule has 1 aromatic carbocycles. The Bertz CT molecular complexity index is 1570. The van der Waals surface area contributed by atoms with Gasteiger partial charge in [-0.2, -0.15) is 5.26 Å². The number of benzene rings is 1. The summed E-state index contributed by atoms with van der Waals surface area (Å²) in [5.41, 5.74) is 2.18. The second-order valence-corrected chi connectivity index (χ2v) is 9.42. The number of fused-ring (bicyclic) bond motifs is 1. The first-order valence-electron chi connectivity index (χ1n) is 12.5. The number of aryl methyl sites for hydroxylation is 1. The molecular weight excluding hydrogens is 487 g/mol. The van der Waals surface area contributed by atoms with Gasteiger partial charge in [-0.05, 0) is 50.1 Å². The monoisotopic (exact) mass is 512 g/mol. The van der Waals surface area contributed by atoms with Crippen molar-refractivity contribution < 1.29 is 13.9 Å². The third-order valence-electron chi connectivity index (χ3n) is 6.82. The SMILES string of the molecule is Cc1cc2c(F)c(Oc3ncnc(Nc4ccc(N5CCNCC5)cn4)c3C#N)ccc2n1C(=O)C1CC1. The van der Waals surface area contributed by atoms with E-state index in [0.29, 0.717) is 17.0 Å². The second-order valence-electron chi connectivity index (χ2n) is 9.42. The normalized spacial score (nSPS) is 15.3. The molecule has 2 aliphatic rings. The van der Waals surface area contributed by atoms with Gasteiger partial charge in [0.2, 0.25) is 11.8 Å². The number of pyridine rings is 1. The van der Waals surface area contributed by atoms with Crippen LogP contribution in [0.5, 0.6) is 11.6 Å². The van der Waals surface area contributed by atoms with Crippen molar-refractivity contribution in [1.82, 2.24) is 24.8 Å². The van der Waals surface area contributed by atoms with Crippen LogP contribution in [0.25, 0.3) is 10.9 Å². The van der Waals surface area contributed by atoms with E-state index in [9.17, 15) is 10.1 Å². The maximum atomic E-state index is 15.5. The number of hydrogen-bond acceptors (Lipinski definition) is 9. The van der Waals surface area contributed by atoms with E-state index in [1.807, 2.05) is 18.2 Å². The van der Waals surface area contributed by atoms with E-state index < -0.39 is 5.82 Å². The number of ether oxygens (including phenoxy) is 1. The molecule has 1 saturated heterocycles. The van der Waals surface area contributed by atoms with Crippen LogP contribution in [0.15, 0.2) is 42.9 Å². The number of piperazine rings is 1. The fourth-order valence-corrected chi connectivity index (χ4v) is 4.68. The number of nitrogens with zero attached hydrogens (tertiary/aromatic N) is 6. The Morgan fingerprint density at radius 3 is 2.71 bits per heavy atom. The van der Waals surface area contributed by atoms with E-state index in [4.69, 9.17) is 4.74 Å². The van der Waals surface area contributed by atoms with Crippen LogP contribution in [-0.2, 0) is 0 Å². The van der Waals surface area contributed by atoms with Crippen molar-refractivity contribution in [3.05, 3.63) is 59.9 Å². The van der Waals surface area contributed by atoms with Crippen molar-refractivity contribution in [2.24, 2.45) is 5.92 Å². The van der Waals surface area contributed by atoms with Crippen LogP contribution in [0.3, 0.4) is 0 Å². The lowest BCUT2D eigenvalue weighted by atomic mass is 10.2. The van der Waals surface area contributed by atoms with Crippen molar-refractivity contribution in [2.45, 2.75) is 19.8 Å². The van der Waals surface area contributed by atoms with Crippen LogP contribution >= 0.6 is 0 Å². The van der Waals surface area contributed by atoms with Crippen LogP contribution in [0.1, 0.15) is 28.9 Å². The molecule has 2 fully saturated rings. The maximum absolute atomic E-state index is 15.5. The minimum Gasteiger partial charge on any atom is -0.434 e. The van der Waals surface area contributed by atoms with Crippen LogP contribution in [0.4, 0.5) is 21.7 Å². The molecule has 2 N–H and O–H groups in total. The van der Waals surface area contributed by atoms with Gasteiger partial charge in [-0.25, -0.2) is 19.3 Å². The molecule has 4 aromatic rings. The highest BCUT2D eigenvalue weighted by molar-refractivity contribution is 5.96. The summed E-state index contributed by atoms with van der Waals surface area (Å²) in [6, 6.07) is 10.5. The molecule has 0 unspecified atom stereocenters. The van der Waals surface area contributed by atoms with Crippen LogP contribution in [0, 0.1) is 30.0 Å². The summed E-state index contributed by atoms with van der Waals surface area (Å²) in [7, 11) is 0. The molecule has 1 aliphatic heterocycles. The van der Waals surface area contributed by atoms with Crippen molar-refractivity contribution in [2.75, 3.05) is 36.4 Å². The number of aromatic nitrogens is 4. The summed E-state index contributed by atoms with van der Waals surface area (Å²) in [5, 5.41) is 16.5. The fourth-order valence-electron chi connectivity index (χ4n) is 4.68. The summed E-state index contributed by atoms with van der Waals surface area (Å²) < 4.78 is 22.8. The zero-order chi connectivity index (χ0) is 26.2. The van der Waals surface area contributed by atoms with Gasteiger partial charge in [0.1, 0.15) is 18.2 Å². The Hall–Kier alpha value is -4.56. The molecule has 0 bridgehead atoms. The lowest BCUT2D eigenvalue weighted by molar-refractivity contribution is 0.0889. The van der Waals surface area contributed by atoms with E-state index in [2.05, 4.69) is 30.5 Å². The molecule has 11 heteroatoms. The predicted molar refractivity (Wildman–Crippen MR) is 139 cm³/mol. The summed E-state index contributed by atoms with van der Waals surface area (Å²) in [5.74, 6) is -0.151. The molecule has 0 spiro atoms. The first-order chi connectivity index (χ1) is 18.5. The summed E-state index contributed by atoms with van der Waals surface area (Å²) in [6.07, 6.45) is 4.72. The number of nitriles is 1. The minimum absolute atomic E-state index is 0.00109. The van der Waals surface area contributed by atoms with Crippen LogP contribution < -0.4 is 20.3 Å². The Balaban J connectivity index is 1.26. The van der Waals surface area contributed by atoms with Crippen molar-refractivity contribution in [3.63, 3.8) is 0 Å². The largest absolute Gasteiger partial charge is 0.434 e. The fraction of sp³-hybridized carbons (Fsp3) is 0.296. The van der Waals surface area contributed by atoms with Crippen molar-refractivity contribution in [1.29, 1.82) is 5.26 Å². The number of halogens is 1. The minimum atomic E-state index is -0.630. The van der Waals surface area contributed by atoms with Gasteiger partial charge in [-0.15, -0.1) is 0 Å². The molecule has 0 amide bonds. The highest BCUT2D eigenvalue weighted by Gasteiger charge is 2.32. The zero-order valence-corrected chi connectivity index (χ0v) is 20.7. The molecule has 6 rings (SSSR count). The number of hydrogen-bond donors (Lipinski definition) is 2. The molecule has 192 valence electrons. The Morgan fingerprint density at radius 2 is 2.00 bits per heavy atom. The number of anilines is 3. The molecule has 3 aromatic heterocycles. The van der Waals surface area contributed by atoms with Crippen molar-refractivity contribution >= 4 is 34.1 Å². The third-order valence-corrected chi connectivity index (χ3v) is 6.82. The van der Waals surface area contributed by atoms with Gasteiger partial charge in [0.05, 0.1) is 17.4 Å². The topological polar surface area (TPSA) is 121 Å². The average molecular weight is 513 g/mol. The summed E-state index contributed by atoms with van der Waals surface area (Å²) in [4.78, 5) is 27.6.